The maximum absolute atomic E-state index is 11.4. The highest BCUT2D eigenvalue weighted by Crippen LogP contribution is 2.15. The SMILES string of the molecule is COC(=O)c1ccnc(N2CCNC(C)C2)c1. The fourth-order valence-corrected chi connectivity index (χ4v) is 1.98. The smallest absolute Gasteiger partial charge is 0.338 e. The first-order valence-electron chi connectivity index (χ1n) is 5.73. The van der Waals surface area contributed by atoms with Crippen LogP contribution in [-0.2, 0) is 4.74 Å². The van der Waals surface area contributed by atoms with E-state index in [1.165, 1.54) is 7.11 Å². The largest absolute Gasteiger partial charge is 0.465 e. The molecule has 1 aromatic heterocycles. The summed E-state index contributed by atoms with van der Waals surface area (Å²) in [5, 5.41) is 3.37. The second kappa shape index (κ2) is 5.14. The Bertz CT molecular complexity index is 408. The van der Waals surface area contributed by atoms with Gasteiger partial charge in [0, 0.05) is 31.9 Å². The van der Waals surface area contributed by atoms with E-state index in [0.717, 1.165) is 25.5 Å². The molecule has 2 heterocycles. The molecule has 5 heteroatoms. The average molecular weight is 235 g/mol. The standard InChI is InChI=1S/C12H17N3O2/c1-9-8-15(6-5-13-9)11-7-10(3-4-14-11)12(16)17-2/h3-4,7,9,13H,5-6,8H2,1-2H3. The van der Waals surface area contributed by atoms with Crippen LogP contribution in [0.5, 0.6) is 0 Å². The summed E-state index contributed by atoms with van der Waals surface area (Å²) in [5.74, 6) is 0.512. The molecule has 1 saturated heterocycles. The maximum atomic E-state index is 11.4. The zero-order valence-corrected chi connectivity index (χ0v) is 10.1. The van der Waals surface area contributed by atoms with Crippen molar-refractivity contribution in [1.82, 2.24) is 10.3 Å². The van der Waals surface area contributed by atoms with E-state index in [0.29, 0.717) is 11.6 Å². The summed E-state index contributed by atoms with van der Waals surface area (Å²) in [6.45, 7) is 4.88. The maximum Gasteiger partial charge on any atom is 0.338 e. The lowest BCUT2D eigenvalue weighted by Gasteiger charge is -2.32. The number of nitrogens with zero attached hydrogens (tertiary/aromatic N) is 2. The van der Waals surface area contributed by atoms with Gasteiger partial charge >= 0.3 is 5.97 Å². The molecule has 1 atom stereocenters. The van der Waals surface area contributed by atoms with E-state index < -0.39 is 0 Å². The number of aromatic nitrogens is 1. The van der Waals surface area contributed by atoms with Crippen molar-refractivity contribution in [2.75, 3.05) is 31.6 Å². The summed E-state index contributed by atoms with van der Waals surface area (Å²) >= 11 is 0. The van der Waals surface area contributed by atoms with E-state index in [9.17, 15) is 4.79 Å². The molecule has 1 aliphatic rings. The van der Waals surface area contributed by atoms with Crippen molar-refractivity contribution >= 4 is 11.8 Å². The number of ether oxygens (including phenoxy) is 1. The van der Waals surface area contributed by atoms with E-state index in [1.54, 1.807) is 18.3 Å². The highest BCUT2D eigenvalue weighted by molar-refractivity contribution is 5.90. The summed E-state index contributed by atoms with van der Waals surface area (Å²) in [7, 11) is 1.38. The number of hydrogen-bond donors (Lipinski definition) is 1. The van der Waals surface area contributed by atoms with Crippen LogP contribution in [-0.4, -0.2) is 43.7 Å². The molecule has 5 nitrogen and oxygen atoms in total. The molecule has 0 amide bonds. The first-order chi connectivity index (χ1) is 8.20. The van der Waals surface area contributed by atoms with E-state index >= 15 is 0 Å². The molecule has 0 radical (unpaired) electrons. The molecule has 1 fully saturated rings. The number of nitrogens with one attached hydrogen (secondary N) is 1. The van der Waals surface area contributed by atoms with Gasteiger partial charge in [0.1, 0.15) is 5.82 Å². The minimum atomic E-state index is -0.322. The third-order valence-corrected chi connectivity index (χ3v) is 2.86. The van der Waals surface area contributed by atoms with Gasteiger partial charge in [0.2, 0.25) is 0 Å². The van der Waals surface area contributed by atoms with Gasteiger partial charge < -0.3 is 15.0 Å². The van der Waals surface area contributed by atoms with Gasteiger partial charge in [-0.1, -0.05) is 0 Å². The molecule has 92 valence electrons. The van der Waals surface area contributed by atoms with Crippen molar-refractivity contribution < 1.29 is 9.53 Å². The molecule has 0 aromatic carbocycles. The Morgan fingerprint density at radius 3 is 3.18 bits per heavy atom. The van der Waals surface area contributed by atoms with Crippen molar-refractivity contribution in [3.05, 3.63) is 23.9 Å². The molecule has 0 spiro atoms. The normalized spacial score (nSPS) is 20.1. The van der Waals surface area contributed by atoms with Crippen LogP contribution in [0.1, 0.15) is 17.3 Å². The zero-order valence-electron chi connectivity index (χ0n) is 10.1. The van der Waals surface area contributed by atoms with Crippen molar-refractivity contribution in [1.29, 1.82) is 0 Å². The van der Waals surface area contributed by atoms with Crippen LogP contribution in [0.3, 0.4) is 0 Å². The van der Waals surface area contributed by atoms with Gasteiger partial charge in [-0.3, -0.25) is 0 Å². The average Bonchev–Trinajstić information content (AvgIpc) is 2.38. The monoisotopic (exact) mass is 235 g/mol. The van der Waals surface area contributed by atoms with E-state index in [-0.39, 0.29) is 5.97 Å². The Morgan fingerprint density at radius 1 is 1.65 bits per heavy atom. The summed E-state index contributed by atoms with van der Waals surface area (Å²) in [5.41, 5.74) is 0.545. The summed E-state index contributed by atoms with van der Waals surface area (Å²) in [4.78, 5) is 17.9. The first kappa shape index (κ1) is 11.9. The van der Waals surface area contributed by atoms with E-state index in [4.69, 9.17) is 4.74 Å². The van der Waals surface area contributed by atoms with Gasteiger partial charge in [0.25, 0.3) is 0 Å². The first-order valence-corrected chi connectivity index (χ1v) is 5.73. The second-order valence-electron chi connectivity index (χ2n) is 4.20. The van der Waals surface area contributed by atoms with Crippen LogP contribution in [0, 0.1) is 0 Å². The van der Waals surface area contributed by atoms with Crippen molar-refractivity contribution in [3.63, 3.8) is 0 Å². The molecule has 0 saturated carbocycles. The predicted octanol–water partition coefficient (Wildman–Crippen LogP) is 0.666. The molecule has 1 aromatic rings. The molecule has 1 unspecified atom stereocenters. The molecular formula is C12H17N3O2. The lowest BCUT2D eigenvalue weighted by molar-refractivity contribution is 0.0600. The van der Waals surface area contributed by atoms with Gasteiger partial charge in [-0.2, -0.15) is 0 Å². The number of anilines is 1. The van der Waals surface area contributed by atoms with Crippen LogP contribution in [0.4, 0.5) is 5.82 Å². The summed E-state index contributed by atoms with van der Waals surface area (Å²) in [6.07, 6.45) is 1.65. The van der Waals surface area contributed by atoms with Gasteiger partial charge in [-0.25, -0.2) is 9.78 Å². The molecule has 0 aliphatic carbocycles. The molecule has 1 N–H and O–H groups in total. The number of esters is 1. The number of rotatable bonds is 2. The van der Waals surface area contributed by atoms with Crippen molar-refractivity contribution in [2.24, 2.45) is 0 Å². The van der Waals surface area contributed by atoms with E-state index in [2.05, 4.69) is 22.1 Å². The Balaban J connectivity index is 2.17. The Hall–Kier alpha value is -1.62. The van der Waals surface area contributed by atoms with Crippen molar-refractivity contribution in [2.45, 2.75) is 13.0 Å². The van der Waals surface area contributed by atoms with Crippen LogP contribution < -0.4 is 10.2 Å². The minimum Gasteiger partial charge on any atom is -0.465 e. The van der Waals surface area contributed by atoms with E-state index in [1.807, 2.05) is 0 Å². The zero-order chi connectivity index (χ0) is 12.3. The Kier molecular flexibility index (Phi) is 3.58. The Morgan fingerprint density at radius 2 is 2.47 bits per heavy atom. The van der Waals surface area contributed by atoms with Crippen LogP contribution >= 0.6 is 0 Å². The second-order valence-corrected chi connectivity index (χ2v) is 4.20. The minimum absolute atomic E-state index is 0.322. The number of pyridine rings is 1. The lowest BCUT2D eigenvalue weighted by Crippen LogP contribution is -2.49. The number of carbonyl (C=O) groups is 1. The molecule has 1 aliphatic heterocycles. The van der Waals surface area contributed by atoms with Gasteiger partial charge in [0.05, 0.1) is 12.7 Å². The number of methoxy groups -OCH3 is 1. The molecule has 2 rings (SSSR count). The van der Waals surface area contributed by atoms with Crippen LogP contribution in [0.15, 0.2) is 18.3 Å². The lowest BCUT2D eigenvalue weighted by atomic mass is 10.2. The Labute approximate surface area is 101 Å². The fraction of sp³-hybridized carbons (Fsp3) is 0.500. The summed E-state index contributed by atoms with van der Waals surface area (Å²) in [6, 6.07) is 3.89. The van der Waals surface area contributed by atoms with Crippen molar-refractivity contribution in [3.8, 4) is 0 Å². The number of carbonyl (C=O) groups excluding carboxylic acids is 1. The van der Waals surface area contributed by atoms with Gasteiger partial charge in [-0.05, 0) is 19.1 Å². The molecular weight excluding hydrogens is 218 g/mol. The number of hydrogen-bond acceptors (Lipinski definition) is 5. The van der Waals surface area contributed by atoms with Gasteiger partial charge in [0.15, 0.2) is 0 Å². The van der Waals surface area contributed by atoms with Crippen LogP contribution in [0.2, 0.25) is 0 Å². The summed E-state index contributed by atoms with van der Waals surface area (Å²) < 4.78 is 4.70. The third-order valence-electron chi connectivity index (χ3n) is 2.86. The highest BCUT2D eigenvalue weighted by atomic mass is 16.5. The molecule has 0 bridgehead atoms. The predicted molar refractivity (Wildman–Crippen MR) is 65.3 cm³/mol. The quantitative estimate of drug-likeness (QED) is 0.763. The molecule has 17 heavy (non-hydrogen) atoms. The highest BCUT2D eigenvalue weighted by Gasteiger charge is 2.17. The topological polar surface area (TPSA) is 54.5 Å². The van der Waals surface area contributed by atoms with Gasteiger partial charge in [-0.15, -0.1) is 0 Å². The fourth-order valence-electron chi connectivity index (χ4n) is 1.98. The third kappa shape index (κ3) is 2.74. The number of piperazine rings is 1. The van der Waals surface area contributed by atoms with Crippen LogP contribution in [0.25, 0.3) is 0 Å².